The van der Waals surface area contributed by atoms with E-state index in [9.17, 15) is 19.5 Å². The van der Waals surface area contributed by atoms with Crippen molar-refractivity contribution in [2.75, 3.05) is 10.6 Å². The van der Waals surface area contributed by atoms with Crippen molar-refractivity contribution in [3.05, 3.63) is 84.1 Å². The third-order valence-electron chi connectivity index (χ3n) is 7.20. The second kappa shape index (κ2) is 12.0. The molecule has 1 unspecified atom stereocenters. The summed E-state index contributed by atoms with van der Waals surface area (Å²) in [6, 6.07) is 19.3. The van der Waals surface area contributed by atoms with Crippen LogP contribution in [0.15, 0.2) is 72.9 Å². The second-order valence-electron chi connectivity index (χ2n) is 10.2. The first-order valence-corrected chi connectivity index (χ1v) is 13.6. The maximum absolute atomic E-state index is 13.1. The highest BCUT2D eigenvalue weighted by molar-refractivity contribution is 5.97. The Kier molecular flexibility index (Phi) is 8.10. The average molecular weight is 540 g/mol. The fraction of sp³-hybridized carbons (Fsp3) is 0.290. The molecule has 1 atom stereocenters. The van der Waals surface area contributed by atoms with E-state index in [1.807, 2.05) is 59.0 Å². The number of benzene rings is 2. The number of nitrogens with one attached hydrogen (secondary N) is 3. The monoisotopic (exact) mass is 539 g/mol. The Hall–Kier alpha value is -4.66. The van der Waals surface area contributed by atoms with Gasteiger partial charge in [0.15, 0.2) is 0 Å². The van der Waals surface area contributed by atoms with E-state index in [0.717, 1.165) is 35.5 Å². The summed E-state index contributed by atoms with van der Waals surface area (Å²) in [4.78, 5) is 41.4. The molecule has 5 rings (SSSR count). The number of rotatable bonds is 9. The lowest BCUT2D eigenvalue weighted by atomic mass is 9.95. The van der Waals surface area contributed by atoms with Crippen LogP contribution < -0.4 is 16.0 Å². The van der Waals surface area contributed by atoms with Crippen LogP contribution in [0.5, 0.6) is 0 Å². The number of carbonyl (C=O) groups is 3. The number of imidazole rings is 1. The van der Waals surface area contributed by atoms with Crippen LogP contribution in [-0.2, 0) is 16.0 Å². The molecule has 4 N–H and O–H groups in total. The Labute approximate surface area is 232 Å². The van der Waals surface area contributed by atoms with Gasteiger partial charge < -0.3 is 21.1 Å². The van der Waals surface area contributed by atoms with Crippen molar-refractivity contribution >= 4 is 34.9 Å². The first kappa shape index (κ1) is 26.9. The van der Waals surface area contributed by atoms with E-state index in [1.54, 1.807) is 18.3 Å². The summed E-state index contributed by atoms with van der Waals surface area (Å²) in [6.45, 7) is 1.47. The van der Waals surface area contributed by atoms with Crippen LogP contribution in [0.3, 0.4) is 0 Å². The smallest absolute Gasteiger partial charge is 0.326 e. The van der Waals surface area contributed by atoms with Crippen LogP contribution in [0.2, 0.25) is 0 Å². The molecule has 1 saturated carbocycles. The summed E-state index contributed by atoms with van der Waals surface area (Å²) in [5.74, 6) is -0.867. The van der Waals surface area contributed by atoms with Gasteiger partial charge in [-0.05, 0) is 42.7 Å². The number of carboxylic acid groups (broad SMARTS) is 1. The summed E-state index contributed by atoms with van der Waals surface area (Å²) in [5, 5.41) is 18.9. The molecule has 0 spiro atoms. The van der Waals surface area contributed by atoms with Crippen LogP contribution in [0.1, 0.15) is 54.9 Å². The molecule has 0 saturated heterocycles. The van der Waals surface area contributed by atoms with Crippen molar-refractivity contribution < 1.29 is 19.5 Å². The van der Waals surface area contributed by atoms with Gasteiger partial charge in [0.25, 0.3) is 5.91 Å². The van der Waals surface area contributed by atoms with Gasteiger partial charge in [0.05, 0.1) is 0 Å². The Morgan fingerprint density at radius 1 is 1.00 bits per heavy atom. The summed E-state index contributed by atoms with van der Waals surface area (Å²) in [7, 11) is 0. The third-order valence-corrected chi connectivity index (χ3v) is 7.20. The van der Waals surface area contributed by atoms with Crippen molar-refractivity contribution in [1.82, 2.24) is 14.7 Å². The van der Waals surface area contributed by atoms with Gasteiger partial charge in [0, 0.05) is 42.4 Å². The standard InChI is InChI=1S/C31H33N5O4/c1-20(37)32-25-14-12-22(13-15-25)28-29(33-24-10-6-3-7-11-24)36-17-16-23(19-27(36)35-28)30(38)34-26(31(39)40)18-21-8-4-2-5-9-21/h2,4-5,8-9,12-17,19,24,26,33H,3,6-7,10-11,18H2,1H3,(H,32,37)(H,34,38)(H,39,40). The minimum atomic E-state index is -1.09. The SMILES string of the molecule is CC(=O)Nc1ccc(-c2nc3cc(C(=O)NC(Cc4ccccc4)C(=O)O)ccn3c2NC2CCCCC2)cc1. The lowest BCUT2D eigenvalue weighted by Gasteiger charge is -2.24. The normalized spacial score (nSPS) is 14.4. The number of carbonyl (C=O) groups excluding carboxylic acids is 2. The van der Waals surface area contributed by atoms with E-state index in [1.165, 1.54) is 26.2 Å². The zero-order valence-corrected chi connectivity index (χ0v) is 22.4. The highest BCUT2D eigenvalue weighted by Crippen LogP contribution is 2.32. The molecule has 2 aromatic carbocycles. The van der Waals surface area contributed by atoms with Gasteiger partial charge in [-0.25, -0.2) is 9.78 Å². The van der Waals surface area contributed by atoms with Crippen LogP contribution in [0.25, 0.3) is 16.9 Å². The van der Waals surface area contributed by atoms with Gasteiger partial charge in [-0.15, -0.1) is 0 Å². The number of hydrogen-bond acceptors (Lipinski definition) is 5. The van der Waals surface area contributed by atoms with Gasteiger partial charge in [0.2, 0.25) is 5.91 Å². The second-order valence-corrected chi connectivity index (χ2v) is 10.2. The minimum Gasteiger partial charge on any atom is -0.480 e. The van der Waals surface area contributed by atoms with E-state index >= 15 is 0 Å². The fourth-order valence-electron chi connectivity index (χ4n) is 5.17. The third kappa shape index (κ3) is 6.31. The number of nitrogens with zero attached hydrogens (tertiary/aromatic N) is 2. The lowest BCUT2D eigenvalue weighted by Crippen LogP contribution is -2.42. The van der Waals surface area contributed by atoms with Gasteiger partial charge in [-0.3, -0.25) is 14.0 Å². The van der Waals surface area contributed by atoms with Crippen molar-refractivity contribution in [3.63, 3.8) is 0 Å². The predicted octanol–water partition coefficient (Wildman–Crippen LogP) is 5.13. The van der Waals surface area contributed by atoms with Gasteiger partial charge >= 0.3 is 5.97 Å². The van der Waals surface area contributed by atoms with Crippen molar-refractivity contribution in [2.24, 2.45) is 0 Å². The summed E-state index contributed by atoms with van der Waals surface area (Å²) in [6.07, 6.45) is 7.72. The fourth-order valence-corrected chi connectivity index (χ4v) is 5.17. The summed E-state index contributed by atoms with van der Waals surface area (Å²) in [5.41, 5.74) is 4.03. The number of fused-ring (bicyclic) bond motifs is 1. The molecule has 0 radical (unpaired) electrons. The zero-order valence-electron chi connectivity index (χ0n) is 22.4. The van der Waals surface area contributed by atoms with Crippen LogP contribution in [0.4, 0.5) is 11.5 Å². The molecule has 40 heavy (non-hydrogen) atoms. The molecule has 0 bridgehead atoms. The molecule has 4 aromatic rings. The maximum atomic E-state index is 13.1. The molecule has 2 aromatic heterocycles. The molecule has 0 aliphatic heterocycles. The number of carboxylic acids is 1. The van der Waals surface area contributed by atoms with Crippen LogP contribution in [-0.4, -0.2) is 44.4 Å². The van der Waals surface area contributed by atoms with E-state index < -0.39 is 17.9 Å². The zero-order chi connectivity index (χ0) is 28.1. The summed E-state index contributed by atoms with van der Waals surface area (Å²) >= 11 is 0. The molecule has 9 nitrogen and oxygen atoms in total. The van der Waals surface area contributed by atoms with E-state index in [4.69, 9.17) is 4.98 Å². The summed E-state index contributed by atoms with van der Waals surface area (Å²) < 4.78 is 1.93. The van der Waals surface area contributed by atoms with Crippen LogP contribution >= 0.6 is 0 Å². The number of amides is 2. The van der Waals surface area contributed by atoms with Crippen molar-refractivity contribution in [2.45, 2.75) is 57.5 Å². The molecular weight excluding hydrogens is 506 g/mol. The highest BCUT2D eigenvalue weighted by Gasteiger charge is 2.23. The lowest BCUT2D eigenvalue weighted by molar-refractivity contribution is -0.139. The predicted molar refractivity (Wildman–Crippen MR) is 154 cm³/mol. The number of pyridine rings is 1. The molecular formula is C31H33N5O4. The molecule has 2 amide bonds. The average Bonchev–Trinajstić information content (AvgIpc) is 3.31. The topological polar surface area (TPSA) is 125 Å². The Bertz CT molecular complexity index is 1510. The molecule has 1 fully saturated rings. The number of anilines is 2. The number of hydrogen-bond donors (Lipinski definition) is 4. The van der Waals surface area contributed by atoms with Crippen molar-refractivity contribution in [3.8, 4) is 11.3 Å². The molecule has 2 heterocycles. The van der Waals surface area contributed by atoms with E-state index in [2.05, 4.69) is 16.0 Å². The number of aliphatic carboxylic acids is 1. The molecule has 9 heteroatoms. The van der Waals surface area contributed by atoms with Crippen LogP contribution in [0, 0.1) is 0 Å². The largest absolute Gasteiger partial charge is 0.480 e. The molecule has 206 valence electrons. The maximum Gasteiger partial charge on any atom is 0.326 e. The van der Waals surface area contributed by atoms with Crippen molar-refractivity contribution in [1.29, 1.82) is 0 Å². The highest BCUT2D eigenvalue weighted by atomic mass is 16.4. The quantitative estimate of drug-likeness (QED) is 0.234. The first-order chi connectivity index (χ1) is 19.4. The van der Waals surface area contributed by atoms with Gasteiger partial charge in [-0.2, -0.15) is 0 Å². The minimum absolute atomic E-state index is 0.139. The molecule has 1 aliphatic rings. The Morgan fingerprint density at radius 3 is 2.40 bits per heavy atom. The van der Waals surface area contributed by atoms with E-state index in [0.29, 0.717) is 22.9 Å². The van der Waals surface area contributed by atoms with Gasteiger partial charge in [-0.1, -0.05) is 61.7 Å². The first-order valence-electron chi connectivity index (χ1n) is 13.6. The van der Waals surface area contributed by atoms with Gasteiger partial charge in [0.1, 0.15) is 23.2 Å². The Morgan fingerprint density at radius 2 is 1.73 bits per heavy atom. The number of aromatic nitrogens is 2. The van der Waals surface area contributed by atoms with E-state index in [-0.39, 0.29) is 12.3 Å². The molecule has 1 aliphatic carbocycles. The Balaban J connectivity index is 1.45.